The number of carbonyl (C=O) groups excluding carboxylic acids is 3. The summed E-state index contributed by atoms with van der Waals surface area (Å²) in [6.07, 6.45) is 4.91. The second-order valence-electron chi connectivity index (χ2n) is 10.5. The van der Waals surface area contributed by atoms with Crippen LogP contribution in [0.4, 0.5) is 0 Å². The Bertz CT molecular complexity index is 910. The molecule has 1 aliphatic heterocycles. The predicted molar refractivity (Wildman–Crippen MR) is 165 cm³/mol. The Kier molecular flexibility index (Phi) is 18.2. The maximum absolute atomic E-state index is 13.0. The molecule has 10 heteroatoms. The zero-order valence-corrected chi connectivity index (χ0v) is 27.0. The zero-order chi connectivity index (χ0) is 30.7. The molecule has 0 unspecified atom stereocenters. The molecule has 2 amide bonds. The highest BCUT2D eigenvalue weighted by Gasteiger charge is 2.41. The molecule has 0 spiro atoms. The van der Waals surface area contributed by atoms with Gasteiger partial charge in [0.1, 0.15) is 24.9 Å². The molecule has 1 aromatic rings. The van der Waals surface area contributed by atoms with E-state index >= 15 is 0 Å². The van der Waals surface area contributed by atoms with Gasteiger partial charge in [-0.15, -0.1) is 5.06 Å². The summed E-state index contributed by atoms with van der Waals surface area (Å²) >= 11 is 1.20. The Morgan fingerprint density at radius 3 is 1.60 bits per heavy atom. The summed E-state index contributed by atoms with van der Waals surface area (Å²) in [5, 5.41) is 0.817. The third kappa shape index (κ3) is 11.7. The highest BCUT2D eigenvalue weighted by atomic mass is 32.2. The minimum absolute atomic E-state index is 0.000412. The number of ether oxygens (including phenoxy) is 4. The second-order valence-corrected chi connectivity index (χ2v) is 11.6. The van der Waals surface area contributed by atoms with E-state index in [2.05, 4.69) is 27.7 Å². The molecule has 4 atom stereocenters. The molecule has 0 N–H and O–H groups in total. The highest BCUT2D eigenvalue weighted by molar-refractivity contribution is 8.13. The van der Waals surface area contributed by atoms with Gasteiger partial charge in [0.25, 0.3) is 11.8 Å². The first-order valence-electron chi connectivity index (χ1n) is 15.6. The average molecular weight is 610 g/mol. The van der Waals surface area contributed by atoms with Gasteiger partial charge in [-0.1, -0.05) is 77.3 Å². The molecule has 42 heavy (non-hydrogen) atoms. The number of amides is 2. The van der Waals surface area contributed by atoms with Crippen molar-refractivity contribution < 1.29 is 38.2 Å². The van der Waals surface area contributed by atoms with E-state index in [4.69, 9.17) is 23.8 Å². The first kappa shape index (κ1) is 36.4. The summed E-state index contributed by atoms with van der Waals surface area (Å²) in [7, 11) is 0. The minimum Gasteiger partial charge on any atom is -0.375 e. The van der Waals surface area contributed by atoms with E-state index in [1.165, 1.54) is 11.8 Å². The topological polar surface area (TPSA) is 101 Å². The van der Waals surface area contributed by atoms with E-state index in [-0.39, 0.29) is 11.7 Å². The average Bonchev–Trinajstić information content (AvgIpc) is 3.23. The molecule has 1 aromatic carbocycles. The Balaban J connectivity index is 2.39. The number of carbonyl (C=O) groups is 3. The Hall–Kier alpha value is -1.82. The first-order valence-corrected chi connectivity index (χ1v) is 16.6. The molecule has 238 valence electrons. The number of benzene rings is 1. The van der Waals surface area contributed by atoms with Crippen LogP contribution >= 0.6 is 11.8 Å². The quantitative estimate of drug-likeness (QED) is 0.0996. The van der Waals surface area contributed by atoms with Gasteiger partial charge in [0.2, 0.25) is 0 Å². The number of hydroxylamine groups is 2. The van der Waals surface area contributed by atoms with Crippen LogP contribution in [-0.4, -0.2) is 85.2 Å². The normalized spacial score (nSPS) is 16.0. The van der Waals surface area contributed by atoms with Gasteiger partial charge in [-0.3, -0.25) is 19.2 Å². The number of thioether (sulfide) groups is 1. The number of hydrogen-bond donors (Lipinski definition) is 0. The molecule has 0 aliphatic carbocycles. The van der Waals surface area contributed by atoms with E-state index < -0.39 is 36.2 Å². The van der Waals surface area contributed by atoms with Gasteiger partial charge in [-0.2, -0.15) is 0 Å². The van der Waals surface area contributed by atoms with Crippen LogP contribution in [0.25, 0.3) is 0 Å². The molecule has 2 rings (SSSR count). The summed E-state index contributed by atoms with van der Waals surface area (Å²) in [6, 6.07) is 6.68. The Morgan fingerprint density at radius 1 is 0.714 bits per heavy atom. The van der Waals surface area contributed by atoms with Gasteiger partial charge in [-0.25, -0.2) is 0 Å². The predicted octanol–water partition coefficient (Wildman–Crippen LogP) is 6.24. The summed E-state index contributed by atoms with van der Waals surface area (Å²) in [5.41, 5.74) is 0.626. The molecule has 0 saturated heterocycles. The summed E-state index contributed by atoms with van der Waals surface area (Å²) in [4.78, 5) is 43.9. The van der Waals surface area contributed by atoms with Crippen LogP contribution in [0.1, 0.15) is 107 Å². The number of nitrogens with zero attached hydrogens (tertiary/aromatic N) is 1. The number of fused-ring (bicyclic) bond motifs is 1. The minimum atomic E-state index is -0.663. The third-order valence-corrected chi connectivity index (χ3v) is 7.81. The van der Waals surface area contributed by atoms with Crippen LogP contribution < -0.4 is 0 Å². The van der Waals surface area contributed by atoms with Crippen molar-refractivity contribution in [1.82, 2.24) is 5.06 Å². The molecule has 0 bridgehead atoms. The van der Waals surface area contributed by atoms with E-state index in [0.717, 1.165) is 56.4 Å². The zero-order valence-electron chi connectivity index (χ0n) is 26.1. The number of unbranched alkanes of at least 4 members (excludes halogenated alkanes) is 4. The molecule has 9 nitrogen and oxygen atoms in total. The van der Waals surface area contributed by atoms with Gasteiger partial charge < -0.3 is 18.9 Å². The molecule has 0 aromatic heterocycles. The molecule has 1 aliphatic rings. The van der Waals surface area contributed by atoms with E-state index in [1.807, 2.05) is 0 Å². The summed E-state index contributed by atoms with van der Waals surface area (Å²) in [5.74, 6) is -0.591. The van der Waals surface area contributed by atoms with Crippen LogP contribution in [-0.2, 0) is 28.6 Å². The van der Waals surface area contributed by atoms with E-state index in [1.54, 1.807) is 31.2 Å². The van der Waals surface area contributed by atoms with Crippen molar-refractivity contribution in [3.63, 3.8) is 0 Å². The largest absolute Gasteiger partial charge is 0.375 e. The van der Waals surface area contributed by atoms with Gasteiger partial charge in [0, 0.05) is 39.1 Å². The smallest absolute Gasteiger partial charge is 0.285 e. The van der Waals surface area contributed by atoms with Crippen molar-refractivity contribution in [2.75, 3.05) is 38.8 Å². The van der Waals surface area contributed by atoms with Crippen LogP contribution in [0.5, 0.6) is 0 Å². The fraction of sp³-hybridized carbons (Fsp3) is 0.719. The van der Waals surface area contributed by atoms with Crippen LogP contribution in [0.3, 0.4) is 0 Å². The highest BCUT2D eigenvalue weighted by Crippen LogP contribution is 2.26. The first-order chi connectivity index (χ1) is 20.4. The van der Waals surface area contributed by atoms with Gasteiger partial charge in [0.05, 0.1) is 17.2 Å². The standard InChI is InChI=1S/C32H51NO8S/c1-6-10-18-37-27(22-41-33-31(35)25-16-14-15-17-26(25)32(33)36)29(39-20-12-8-3)30(40-21-13-9-4)28(23-42-24(5)34)38-19-11-7-2/h14-17,27-30H,6-13,18-23H2,1-5H3/t27-,28-,29-,30-/m1/s1. The lowest BCUT2D eigenvalue weighted by Crippen LogP contribution is -2.53. The van der Waals surface area contributed by atoms with E-state index in [0.29, 0.717) is 43.3 Å². The van der Waals surface area contributed by atoms with Crippen LogP contribution in [0, 0.1) is 0 Å². The van der Waals surface area contributed by atoms with Crippen molar-refractivity contribution in [2.45, 2.75) is 110 Å². The molecule has 0 saturated carbocycles. The van der Waals surface area contributed by atoms with Gasteiger partial charge in [0.15, 0.2) is 5.12 Å². The molecular formula is C32H51NO8S. The Labute approximate surface area is 256 Å². The van der Waals surface area contributed by atoms with Crippen molar-refractivity contribution in [2.24, 2.45) is 0 Å². The lowest BCUT2D eigenvalue weighted by atomic mass is 10.0. The summed E-state index contributed by atoms with van der Waals surface area (Å²) in [6.45, 7) is 11.8. The van der Waals surface area contributed by atoms with E-state index in [9.17, 15) is 14.4 Å². The fourth-order valence-electron chi connectivity index (χ4n) is 4.42. The lowest BCUT2D eigenvalue weighted by molar-refractivity contribution is -0.202. The maximum atomic E-state index is 13.0. The summed E-state index contributed by atoms with van der Waals surface area (Å²) < 4.78 is 25.7. The number of rotatable bonds is 24. The molecule has 0 fully saturated rings. The van der Waals surface area contributed by atoms with Crippen molar-refractivity contribution >= 4 is 28.7 Å². The number of imide groups is 1. The number of hydrogen-bond acceptors (Lipinski definition) is 9. The van der Waals surface area contributed by atoms with Crippen LogP contribution in [0.15, 0.2) is 24.3 Å². The monoisotopic (exact) mass is 609 g/mol. The van der Waals surface area contributed by atoms with Crippen LogP contribution in [0.2, 0.25) is 0 Å². The molecule has 0 radical (unpaired) electrons. The lowest BCUT2D eigenvalue weighted by Gasteiger charge is -2.37. The fourth-order valence-corrected chi connectivity index (χ4v) is 5.11. The molecular weight excluding hydrogens is 558 g/mol. The Morgan fingerprint density at radius 2 is 1.14 bits per heavy atom. The molecule has 1 heterocycles. The maximum Gasteiger partial charge on any atom is 0.285 e. The SMILES string of the molecule is CCCCO[C@@H]([C@H](OCCCC)[C@@H](CSC(C)=O)OCCCC)[C@@H](CON1C(=O)c2ccccc2C1=O)OCCCC. The van der Waals surface area contributed by atoms with Crippen molar-refractivity contribution in [3.05, 3.63) is 35.4 Å². The second kappa shape index (κ2) is 21.0. The van der Waals surface area contributed by atoms with Crippen molar-refractivity contribution in [3.8, 4) is 0 Å². The van der Waals surface area contributed by atoms with Gasteiger partial charge in [-0.05, 0) is 37.8 Å². The third-order valence-electron chi connectivity index (χ3n) is 6.91. The van der Waals surface area contributed by atoms with Crippen molar-refractivity contribution in [1.29, 1.82) is 0 Å². The van der Waals surface area contributed by atoms with Gasteiger partial charge >= 0.3 is 0 Å².